The van der Waals surface area contributed by atoms with E-state index in [0.717, 1.165) is 26.1 Å². The van der Waals surface area contributed by atoms with E-state index in [9.17, 15) is 0 Å². The molecule has 0 spiro atoms. The van der Waals surface area contributed by atoms with Crippen LogP contribution < -0.4 is 5.32 Å². The van der Waals surface area contributed by atoms with Gasteiger partial charge in [-0.15, -0.1) is 0 Å². The molecule has 15 heavy (non-hydrogen) atoms. The van der Waals surface area contributed by atoms with Crippen LogP contribution in [-0.4, -0.2) is 51.8 Å². The molecule has 3 heteroatoms. The molecule has 1 N–H and O–H groups in total. The molecule has 3 nitrogen and oxygen atoms in total. The summed E-state index contributed by atoms with van der Waals surface area (Å²) in [5.41, 5.74) is 0. The Hall–Kier alpha value is -0.120. The summed E-state index contributed by atoms with van der Waals surface area (Å²) in [6.07, 6.45) is 2.33. The van der Waals surface area contributed by atoms with E-state index in [4.69, 9.17) is 4.74 Å². The third-order valence-corrected chi connectivity index (χ3v) is 2.68. The fourth-order valence-electron chi connectivity index (χ4n) is 1.67. The lowest BCUT2D eigenvalue weighted by molar-refractivity contribution is 0.163. The summed E-state index contributed by atoms with van der Waals surface area (Å²) in [6, 6.07) is 0.579. The number of likely N-dealkylation sites (N-methyl/N-ethyl adjacent to an activating group) is 1. The number of hydrogen-bond acceptors (Lipinski definition) is 3. The molecule has 0 aromatic heterocycles. The highest BCUT2D eigenvalue weighted by Crippen LogP contribution is 2.09. The Morgan fingerprint density at radius 3 is 2.47 bits per heavy atom. The summed E-state index contributed by atoms with van der Waals surface area (Å²) >= 11 is 0. The zero-order valence-electron chi connectivity index (χ0n) is 11.0. The second kappa shape index (κ2) is 9.13. The Balaban J connectivity index is 3.95. The first kappa shape index (κ1) is 14.9. The van der Waals surface area contributed by atoms with Gasteiger partial charge < -0.3 is 15.0 Å². The fraction of sp³-hybridized carbons (Fsp3) is 1.00. The SMILES string of the molecule is CCCNC(CN(C)C)C(C)CCOC. The van der Waals surface area contributed by atoms with Crippen LogP contribution in [0, 0.1) is 5.92 Å². The zero-order valence-corrected chi connectivity index (χ0v) is 11.0. The Bertz CT molecular complexity index is 140. The van der Waals surface area contributed by atoms with E-state index in [-0.39, 0.29) is 0 Å². The van der Waals surface area contributed by atoms with Gasteiger partial charge in [-0.1, -0.05) is 13.8 Å². The van der Waals surface area contributed by atoms with Gasteiger partial charge in [-0.3, -0.25) is 0 Å². The highest BCUT2D eigenvalue weighted by Gasteiger charge is 2.16. The molecule has 0 heterocycles. The van der Waals surface area contributed by atoms with Crippen molar-refractivity contribution in [1.82, 2.24) is 10.2 Å². The van der Waals surface area contributed by atoms with Crippen LogP contribution in [0.25, 0.3) is 0 Å². The largest absolute Gasteiger partial charge is 0.385 e. The van der Waals surface area contributed by atoms with Crippen LogP contribution in [-0.2, 0) is 4.74 Å². The summed E-state index contributed by atoms with van der Waals surface area (Å²) in [5, 5.41) is 3.61. The topological polar surface area (TPSA) is 24.5 Å². The summed E-state index contributed by atoms with van der Waals surface area (Å²) in [5.74, 6) is 0.666. The van der Waals surface area contributed by atoms with Crippen LogP contribution in [0.4, 0.5) is 0 Å². The lowest BCUT2D eigenvalue weighted by Gasteiger charge is -2.27. The van der Waals surface area contributed by atoms with Crippen molar-refractivity contribution in [2.24, 2.45) is 5.92 Å². The van der Waals surface area contributed by atoms with Crippen molar-refractivity contribution >= 4 is 0 Å². The lowest BCUT2D eigenvalue weighted by Crippen LogP contribution is -2.43. The van der Waals surface area contributed by atoms with Gasteiger partial charge in [0.1, 0.15) is 0 Å². The number of nitrogens with one attached hydrogen (secondary N) is 1. The zero-order chi connectivity index (χ0) is 11.7. The number of rotatable bonds is 9. The van der Waals surface area contributed by atoms with Crippen molar-refractivity contribution in [1.29, 1.82) is 0 Å². The molecule has 0 aliphatic heterocycles. The van der Waals surface area contributed by atoms with Gasteiger partial charge in [-0.2, -0.15) is 0 Å². The third-order valence-electron chi connectivity index (χ3n) is 2.68. The maximum atomic E-state index is 5.13. The standard InChI is InChI=1S/C12H28N2O/c1-6-8-13-12(10-14(3)4)11(2)7-9-15-5/h11-13H,6-10H2,1-5H3. The quantitative estimate of drug-likeness (QED) is 0.633. The molecule has 0 saturated carbocycles. The number of methoxy groups -OCH3 is 1. The van der Waals surface area contributed by atoms with Crippen LogP contribution in [0.5, 0.6) is 0 Å². The van der Waals surface area contributed by atoms with Gasteiger partial charge in [-0.25, -0.2) is 0 Å². The van der Waals surface area contributed by atoms with Crippen molar-refractivity contribution in [2.75, 3.05) is 40.9 Å². The van der Waals surface area contributed by atoms with E-state index in [1.54, 1.807) is 7.11 Å². The first-order valence-corrected chi connectivity index (χ1v) is 5.98. The smallest absolute Gasteiger partial charge is 0.0465 e. The van der Waals surface area contributed by atoms with Gasteiger partial charge in [-0.05, 0) is 39.4 Å². The normalized spacial score (nSPS) is 15.6. The van der Waals surface area contributed by atoms with Crippen LogP contribution in [0.3, 0.4) is 0 Å². The molecule has 0 fully saturated rings. The Morgan fingerprint density at radius 1 is 1.33 bits per heavy atom. The molecular weight excluding hydrogens is 188 g/mol. The summed E-state index contributed by atoms with van der Waals surface area (Å²) in [4.78, 5) is 2.25. The molecule has 0 aliphatic rings. The van der Waals surface area contributed by atoms with Gasteiger partial charge in [0.25, 0.3) is 0 Å². The molecule has 2 atom stereocenters. The second-order valence-electron chi connectivity index (χ2n) is 4.58. The van der Waals surface area contributed by atoms with Crippen molar-refractivity contribution in [2.45, 2.75) is 32.7 Å². The van der Waals surface area contributed by atoms with Crippen molar-refractivity contribution in [3.05, 3.63) is 0 Å². The monoisotopic (exact) mass is 216 g/mol. The van der Waals surface area contributed by atoms with Gasteiger partial charge in [0, 0.05) is 26.3 Å². The molecule has 0 amide bonds. The lowest BCUT2D eigenvalue weighted by atomic mass is 9.98. The Labute approximate surface area is 95.2 Å². The number of nitrogens with zero attached hydrogens (tertiary/aromatic N) is 1. The molecule has 92 valence electrons. The minimum Gasteiger partial charge on any atom is -0.385 e. The van der Waals surface area contributed by atoms with E-state index in [0.29, 0.717) is 12.0 Å². The first-order valence-electron chi connectivity index (χ1n) is 5.98. The molecule has 2 unspecified atom stereocenters. The molecule has 0 rings (SSSR count). The molecule has 0 aliphatic carbocycles. The van der Waals surface area contributed by atoms with E-state index in [1.807, 2.05) is 0 Å². The van der Waals surface area contributed by atoms with Crippen LogP contribution in [0.2, 0.25) is 0 Å². The molecule has 0 bridgehead atoms. The predicted molar refractivity (Wildman–Crippen MR) is 66.3 cm³/mol. The molecule has 0 saturated heterocycles. The molecule has 0 aromatic rings. The van der Waals surface area contributed by atoms with Crippen LogP contribution >= 0.6 is 0 Å². The molecule has 0 radical (unpaired) electrons. The maximum Gasteiger partial charge on any atom is 0.0465 e. The van der Waals surface area contributed by atoms with E-state index in [2.05, 4.69) is 38.2 Å². The van der Waals surface area contributed by atoms with Gasteiger partial charge in [0.05, 0.1) is 0 Å². The van der Waals surface area contributed by atoms with Crippen LogP contribution in [0.15, 0.2) is 0 Å². The first-order chi connectivity index (χ1) is 7.11. The fourth-order valence-corrected chi connectivity index (χ4v) is 1.67. The highest BCUT2D eigenvalue weighted by molar-refractivity contribution is 4.75. The van der Waals surface area contributed by atoms with E-state index in [1.165, 1.54) is 6.42 Å². The van der Waals surface area contributed by atoms with Gasteiger partial charge in [0.15, 0.2) is 0 Å². The molecular formula is C12H28N2O. The average molecular weight is 216 g/mol. The van der Waals surface area contributed by atoms with Crippen molar-refractivity contribution in [3.63, 3.8) is 0 Å². The maximum absolute atomic E-state index is 5.13. The predicted octanol–water partition coefficient (Wildman–Crippen LogP) is 1.59. The van der Waals surface area contributed by atoms with E-state index < -0.39 is 0 Å². The van der Waals surface area contributed by atoms with Crippen LogP contribution in [0.1, 0.15) is 26.7 Å². The highest BCUT2D eigenvalue weighted by atomic mass is 16.5. The minimum atomic E-state index is 0.579. The third kappa shape index (κ3) is 7.77. The van der Waals surface area contributed by atoms with Crippen molar-refractivity contribution in [3.8, 4) is 0 Å². The second-order valence-corrected chi connectivity index (χ2v) is 4.58. The van der Waals surface area contributed by atoms with E-state index >= 15 is 0 Å². The Kier molecular flexibility index (Phi) is 9.06. The summed E-state index contributed by atoms with van der Waals surface area (Å²) in [6.45, 7) is 7.58. The summed E-state index contributed by atoms with van der Waals surface area (Å²) in [7, 11) is 6.03. The average Bonchev–Trinajstić information content (AvgIpc) is 2.20. The van der Waals surface area contributed by atoms with Gasteiger partial charge >= 0.3 is 0 Å². The van der Waals surface area contributed by atoms with Gasteiger partial charge in [0.2, 0.25) is 0 Å². The minimum absolute atomic E-state index is 0.579. The number of ether oxygens (including phenoxy) is 1. The molecule has 0 aromatic carbocycles. The Morgan fingerprint density at radius 2 is 2.00 bits per heavy atom. The summed E-state index contributed by atoms with van der Waals surface area (Å²) < 4.78 is 5.13. The number of hydrogen-bond donors (Lipinski definition) is 1. The van der Waals surface area contributed by atoms with Crippen molar-refractivity contribution < 1.29 is 4.74 Å².